The normalized spacial score (nSPS) is 15.4. The van der Waals surface area contributed by atoms with E-state index in [1.54, 1.807) is 114 Å². The number of anilines is 2. The summed E-state index contributed by atoms with van der Waals surface area (Å²) in [5.41, 5.74) is 5.08. The van der Waals surface area contributed by atoms with Crippen LogP contribution in [0.4, 0.5) is 16.2 Å². The molecule has 0 radical (unpaired) electrons. The Morgan fingerprint density at radius 3 is 1.14 bits per heavy atom. The van der Waals surface area contributed by atoms with Gasteiger partial charge in [-0.3, -0.25) is 29.0 Å². The van der Waals surface area contributed by atoms with Crippen molar-refractivity contribution in [3.63, 3.8) is 0 Å². The number of furan rings is 3. The smallest absolute Gasteiger partial charge is 0.335 e. The third kappa shape index (κ3) is 13.8. The van der Waals surface area contributed by atoms with Gasteiger partial charge in [-0.25, -0.2) is 19.3 Å². The van der Waals surface area contributed by atoms with Gasteiger partial charge in [0.15, 0.2) is 4.32 Å². The van der Waals surface area contributed by atoms with E-state index < -0.39 is 23.8 Å². The second-order valence-electron chi connectivity index (χ2n) is 18.2. The third-order valence-electron chi connectivity index (χ3n) is 12.6. The fourth-order valence-electron chi connectivity index (χ4n) is 8.41. The monoisotopic (exact) mass is 1220 g/mol. The van der Waals surface area contributed by atoms with Gasteiger partial charge in [0.1, 0.15) is 38.9 Å². The molecule has 3 aliphatic rings. The molecule has 0 atom stereocenters. The molecule has 3 aromatic heterocycles. The quantitative estimate of drug-likeness (QED) is 0.0720. The van der Waals surface area contributed by atoms with E-state index in [4.69, 9.17) is 53.0 Å². The standard InChI is InChI=1S/C22H15NO4S2.C21H13NO5S.C21H13NO4S2/c24-20-19(29-22(28)23(20)13-14-4-2-1-3-5-14)12-17-10-11-18(27-17)15-6-8-16(9-7-15)21(25)26;23-19-18(28-21(26)22(19)15-4-2-1-3-5-15)12-16-10-11-17(27-16)13-6-8-14(9-7-13)20(24)25;23-19-18(28-21(27)22(19)15-4-2-1-3-5-15)12-16-10-11-17(26-16)13-6-8-14(9-7-13)20(24)25/h1-12H,13H2,(H,25,26);2*1-12H,(H,24,25)/b19-12-;2*18-12-. The number of para-hydroxylation sites is 2. The molecule has 6 heterocycles. The highest BCUT2D eigenvalue weighted by molar-refractivity contribution is 8.27. The zero-order valence-electron chi connectivity index (χ0n) is 43.8. The molecule has 9 aromatic rings. The summed E-state index contributed by atoms with van der Waals surface area (Å²) in [5.74, 6) is -0.505. The number of carboxylic acids is 3. The van der Waals surface area contributed by atoms with Crippen molar-refractivity contribution in [1.29, 1.82) is 0 Å². The molecule has 4 amide bonds. The summed E-state index contributed by atoms with van der Waals surface area (Å²) < 4.78 is 18.3. The number of thioether (sulfide) groups is 3. The number of imide groups is 1. The topological polar surface area (TPSA) is 229 Å². The van der Waals surface area contributed by atoms with Crippen LogP contribution in [0.1, 0.15) is 53.9 Å². The van der Waals surface area contributed by atoms with Crippen molar-refractivity contribution in [3.8, 4) is 34.0 Å². The van der Waals surface area contributed by atoms with Gasteiger partial charge in [0.25, 0.3) is 23.0 Å². The van der Waals surface area contributed by atoms with E-state index in [-0.39, 0.29) is 38.6 Å². The molecule has 0 aliphatic carbocycles. The lowest BCUT2D eigenvalue weighted by molar-refractivity contribution is -0.122. The molecule has 0 spiro atoms. The fourth-order valence-corrected chi connectivity index (χ4v) is 11.7. The van der Waals surface area contributed by atoms with E-state index in [2.05, 4.69) is 0 Å². The van der Waals surface area contributed by atoms with Gasteiger partial charge < -0.3 is 28.6 Å². The van der Waals surface area contributed by atoms with E-state index in [0.717, 1.165) is 39.0 Å². The van der Waals surface area contributed by atoms with Crippen LogP contribution in [0, 0.1) is 0 Å². The number of rotatable bonds is 13. The number of carbonyl (C=O) groups excluding carboxylic acids is 4. The summed E-state index contributed by atoms with van der Waals surface area (Å²) in [4.78, 5) is 88.7. The maximum Gasteiger partial charge on any atom is 0.335 e. The zero-order valence-corrected chi connectivity index (χ0v) is 47.9. The van der Waals surface area contributed by atoms with Crippen molar-refractivity contribution < 1.29 is 62.1 Å². The lowest BCUT2D eigenvalue weighted by atomic mass is 10.1. The highest BCUT2D eigenvalue weighted by atomic mass is 32.2. The molecule has 420 valence electrons. The van der Waals surface area contributed by atoms with Crippen LogP contribution in [0.2, 0.25) is 0 Å². The number of nitrogens with zero attached hydrogens (tertiary/aromatic N) is 3. The Hall–Kier alpha value is -9.90. The Morgan fingerprint density at radius 1 is 0.400 bits per heavy atom. The molecule has 3 saturated heterocycles. The van der Waals surface area contributed by atoms with E-state index in [9.17, 15) is 33.6 Å². The van der Waals surface area contributed by atoms with E-state index in [0.29, 0.717) is 70.8 Å². The maximum absolute atomic E-state index is 12.8. The van der Waals surface area contributed by atoms with Gasteiger partial charge >= 0.3 is 17.9 Å². The molecule has 3 N–H and O–H groups in total. The van der Waals surface area contributed by atoms with E-state index in [1.165, 1.54) is 70.9 Å². The summed E-state index contributed by atoms with van der Waals surface area (Å²) in [5, 5.41) is 26.6. The Balaban J connectivity index is 0.000000142. The predicted octanol–water partition coefficient (Wildman–Crippen LogP) is 15.0. The van der Waals surface area contributed by atoms with Crippen LogP contribution < -0.4 is 9.80 Å². The van der Waals surface area contributed by atoms with Crippen molar-refractivity contribution >= 4 is 139 Å². The molecule has 0 saturated carbocycles. The highest BCUT2D eigenvalue weighted by Crippen LogP contribution is 2.39. The number of amides is 4. The van der Waals surface area contributed by atoms with Crippen LogP contribution in [0.3, 0.4) is 0 Å². The Bertz CT molecular complexity index is 3990. The molecular weight excluding hydrogens is 1180 g/mol. The Kier molecular flexibility index (Phi) is 17.9. The summed E-state index contributed by atoms with van der Waals surface area (Å²) in [6.07, 6.45) is 4.87. The minimum absolute atomic E-state index is 0.146. The first-order chi connectivity index (χ1) is 41.1. The Labute approximate surface area is 507 Å². The number of hydrogen-bond acceptors (Lipinski definition) is 15. The van der Waals surface area contributed by atoms with Gasteiger partial charge in [0.05, 0.1) is 49.3 Å². The molecule has 0 unspecified atom stereocenters. The number of carboxylic acid groups (broad SMARTS) is 3. The van der Waals surface area contributed by atoms with Crippen molar-refractivity contribution in [2.75, 3.05) is 9.80 Å². The average Bonchev–Trinajstić information content (AvgIpc) is 4.59. The fraction of sp³-hybridized carbons (Fsp3) is 0.0156. The van der Waals surface area contributed by atoms with Gasteiger partial charge in [-0.15, -0.1) is 0 Å². The molecule has 6 aromatic carbocycles. The van der Waals surface area contributed by atoms with Crippen LogP contribution in [-0.2, 0) is 20.9 Å². The molecule has 0 bridgehead atoms. The van der Waals surface area contributed by atoms with Crippen molar-refractivity contribution in [3.05, 3.63) is 254 Å². The summed E-state index contributed by atoms with van der Waals surface area (Å²) in [6, 6.07) is 57.3. The van der Waals surface area contributed by atoms with Gasteiger partial charge in [0.2, 0.25) is 0 Å². The van der Waals surface area contributed by atoms with Crippen LogP contribution in [0.25, 0.3) is 52.2 Å². The molecule has 3 fully saturated rings. The molecule has 3 aliphatic heterocycles. The van der Waals surface area contributed by atoms with Crippen LogP contribution in [-0.4, -0.2) is 69.7 Å². The molecule has 16 nitrogen and oxygen atoms in total. The van der Waals surface area contributed by atoms with Crippen LogP contribution in [0.5, 0.6) is 0 Å². The predicted molar refractivity (Wildman–Crippen MR) is 335 cm³/mol. The van der Waals surface area contributed by atoms with Crippen molar-refractivity contribution in [2.45, 2.75) is 6.54 Å². The van der Waals surface area contributed by atoms with Crippen LogP contribution in [0.15, 0.2) is 228 Å². The largest absolute Gasteiger partial charge is 0.478 e. The summed E-state index contributed by atoms with van der Waals surface area (Å²) in [7, 11) is 0. The van der Waals surface area contributed by atoms with Crippen LogP contribution >= 0.6 is 59.7 Å². The second kappa shape index (κ2) is 26.1. The molecule has 12 rings (SSSR count). The number of hydrogen-bond donors (Lipinski definition) is 3. The molecule has 21 heteroatoms. The maximum atomic E-state index is 12.8. The third-order valence-corrected chi connectivity index (χ3v) is 16.2. The van der Waals surface area contributed by atoms with Crippen molar-refractivity contribution in [2.24, 2.45) is 0 Å². The SMILES string of the molecule is O=C(O)c1ccc(-c2ccc(/C=C3\SC(=O)N(c4ccccc4)C3=O)o2)cc1.O=C(O)c1ccc(-c2ccc(/C=C3\SC(=S)N(Cc4ccccc4)C3=O)o2)cc1.O=C(O)c1ccc(-c2ccc(/C=C3\SC(=S)N(c4ccccc4)C3=O)o2)cc1. The molecular formula is C64H41N3O13S5. The summed E-state index contributed by atoms with van der Waals surface area (Å²) >= 11 is 14.1. The summed E-state index contributed by atoms with van der Waals surface area (Å²) in [6.45, 7) is 0.433. The lowest BCUT2D eigenvalue weighted by Crippen LogP contribution is -2.27. The van der Waals surface area contributed by atoms with Gasteiger partial charge in [-0.2, -0.15) is 0 Å². The average molecular weight is 1220 g/mol. The Morgan fingerprint density at radius 2 is 0.741 bits per heavy atom. The number of thiocarbonyl (C=S) groups is 2. The van der Waals surface area contributed by atoms with Crippen molar-refractivity contribution in [1.82, 2.24) is 4.90 Å². The van der Waals surface area contributed by atoms with Gasteiger partial charge in [-0.05, 0) is 114 Å². The van der Waals surface area contributed by atoms with E-state index >= 15 is 0 Å². The number of benzene rings is 6. The minimum atomic E-state index is -0.999. The molecule has 85 heavy (non-hydrogen) atoms. The highest BCUT2D eigenvalue weighted by Gasteiger charge is 2.37. The number of carbonyl (C=O) groups is 7. The van der Waals surface area contributed by atoms with Gasteiger partial charge in [0, 0.05) is 34.9 Å². The zero-order chi connectivity index (χ0) is 59.7. The van der Waals surface area contributed by atoms with Gasteiger partial charge in [-0.1, -0.05) is 151 Å². The first kappa shape index (κ1) is 58.3. The second-order valence-corrected chi connectivity index (χ2v) is 22.6. The first-order valence-electron chi connectivity index (χ1n) is 25.3. The van der Waals surface area contributed by atoms with E-state index in [1.807, 2.05) is 66.7 Å². The lowest BCUT2D eigenvalue weighted by Gasteiger charge is -2.14. The first-order valence-corrected chi connectivity index (χ1v) is 28.6. The minimum Gasteiger partial charge on any atom is -0.478 e. The number of aromatic carboxylic acids is 3.